The quantitative estimate of drug-likeness (QED) is 0.443. The molecule has 2 saturated heterocycles. The molecule has 0 aliphatic carbocycles. The number of hydrogen-bond donors (Lipinski definition) is 1. The van der Waals surface area contributed by atoms with E-state index in [1.165, 1.54) is 17.4 Å². The molecule has 10 heteroatoms. The Morgan fingerprint density at radius 1 is 1.09 bits per heavy atom. The average Bonchev–Trinajstić information content (AvgIpc) is 3.15. The summed E-state index contributed by atoms with van der Waals surface area (Å²) in [6.07, 6.45) is 3.73. The minimum atomic E-state index is -0.201. The normalized spacial score (nSPS) is 19.0. The maximum atomic E-state index is 12.6. The molecule has 2 aliphatic rings. The van der Waals surface area contributed by atoms with Crippen LogP contribution in [0.1, 0.15) is 5.56 Å². The molecule has 2 aromatic carbocycles. The third-order valence-electron chi connectivity index (χ3n) is 5.69. The highest BCUT2D eigenvalue weighted by Gasteiger charge is 2.25. The van der Waals surface area contributed by atoms with E-state index in [9.17, 15) is 4.79 Å². The lowest BCUT2D eigenvalue weighted by atomic mass is 10.1. The third kappa shape index (κ3) is 5.19. The molecule has 2 fully saturated rings. The summed E-state index contributed by atoms with van der Waals surface area (Å²) < 4.78 is 0. The topological polar surface area (TPSA) is 60.8 Å². The minimum absolute atomic E-state index is 0. The highest BCUT2D eigenvalue weighted by Crippen LogP contribution is 2.36. The molecule has 1 aromatic heterocycles. The van der Waals surface area contributed by atoms with Gasteiger partial charge in [-0.3, -0.25) is 9.78 Å². The fourth-order valence-corrected chi connectivity index (χ4v) is 5.20. The smallest absolute Gasteiger partial charge is 0.264 e. The molecule has 34 heavy (non-hydrogen) atoms. The number of anilines is 1. The number of fused-ring (bicyclic) bond motifs is 1. The Morgan fingerprint density at radius 2 is 1.82 bits per heavy atom. The summed E-state index contributed by atoms with van der Waals surface area (Å²) in [6.45, 7) is 4.01. The number of amidine groups is 1. The van der Waals surface area contributed by atoms with E-state index in [1.54, 1.807) is 18.2 Å². The van der Waals surface area contributed by atoms with Crippen LogP contribution in [0.15, 0.2) is 58.6 Å². The summed E-state index contributed by atoms with van der Waals surface area (Å²) in [6, 6.07) is 13.3. The second-order valence-corrected chi connectivity index (χ2v) is 9.79. The van der Waals surface area contributed by atoms with Gasteiger partial charge < -0.3 is 15.1 Å². The first-order valence-electron chi connectivity index (χ1n) is 10.5. The number of halogens is 3. The van der Waals surface area contributed by atoms with Crippen LogP contribution in [-0.4, -0.2) is 54.2 Å². The number of likely N-dealkylation sites (N-methyl/N-ethyl adjacent to an activating group) is 1. The average molecular weight is 535 g/mol. The third-order valence-corrected chi connectivity index (χ3v) is 7.21. The molecule has 6 nitrogen and oxygen atoms in total. The van der Waals surface area contributed by atoms with Crippen LogP contribution >= 0.6 is 47.4 Å². The van der Waals surface area contributed by atoms with Gasteiger partial charge in [-0.05, 0) is 60.8 Å². The Labute approximate surface area is 218 Å². The van der Waals surface area contributed by atoms with Gasteiger partial charge in [0.15, 0.2) is 5.17 Å². The van der Waals surface area contributed by atoms with Crippen molar-refractivity contribution >= 4 is 86.8 Å². The predicted octanol–water partition coefficient (Wildman–Crippen LogP) is 5.61. The number of nitrogens with one attached hydrogen (secondary N) is 1. The zero-order chi connectivity index (χ0) is 22.9. The van der Waals surface area contributed by atoms with E-state index >= 15 is 0 Å². The molecule has 1 amide bonds. The SMILES string of the molecule is CN1CCN(c2ccnc3ccc(/C=C4\SC(=Nc5c(Cl)cccc5Cl)NC4=O)cc23)CC1.Cl. The van der Waals surface area contributed by atoms with Crippen molar-refractivity contribution in [2.45, 2.75) is 0 Å². The molecule has 0 unspecified atom stereocenters. The Kier molecular flexibility index (Phi) is 7.70. The highest BCUT2D eigenvalue weighted by molar-refractivity contribution is 8.18. The number of aliphatic imine (C=N–C) groups is 1. The lowest BCUT2D eigenvalue weighted by Crippen LogP contribution is -2.44. The zero-order valence-corrected chi connectivity index (χ0v) is 21.4. The number of aromatic nitrogens is 1. The van der Waals surface area contributed by atoms with Crippen LogP contribution in [0.3, 0.4) is 0 Å². The first-order valence-corrected chi connectivity index (χ1v) is 12.1. The number of piperazine rings is 1. The van der Waals surface area contributed by atoms with E-state index in [1.807, 2.05) is 24.4 Å². The van der Waals surface area contributed by atoms with Crippen molar-refractivity contribution in [3.8, 4) is 0 Å². The van der Waals surface area contributed by atoms with Crippen molar-refractivity contribution in [1.82, 2.24) is 15.2 Å². The summed E-state index contributed by atoms with van der Waals surface area (Å²) in [5, 5.41) is 5.18. The van der Waals surface area contributed by atoms with Crippen molar-refractivity contribution in [2.24, 2.45) is 4.99 Å². The molecular weight excluding hydrogens is 513 g/mol. The highest BCUT2D eigenvalue weighted by atomic mass is 35.5. The van der Waals surface area contributed by atoms with Crippen LogP contribution < -0.4 is 10.2 Å². The van der Waals surface area contributed by atoms with E-state index in [-0.39, 0.29) is 18.3 Å². The van der Waals surface area contributed by atoms with E-state index < -0.39 is 0 Å². The van der Waals surface area contributed by atoms with Crippen molar-refractivity contribution in [3.63, 3.8) is 0 Å². The number of carbonyl (C=O) groups is 1. The van der Waals surface area contributed by atoms with Gasteiger partial charge in [0.2, 0.25) is 0 Å². The van der Waals surface area contributed by atoms with Crippen LogP contribution in [0, 0.1) is 0 Å². The Hall–Kier alpha value is -2.29. The molecule has 1 N–H and O–H groups in total. The van der Waals surface area contributed by atoms with E-state index in [0.29, 0.717) is 25.8 Å². The van der Waals surface area contributed by atoms with Crippen LogP contribution in [0.5, 0.6) is 0 Å². The molecule has 0 spiro atoms. The molecule has 5 rings (SSSR count). The van der Waals surface area contributed by atoms with E-state index in [4.69, 9.17) is 23.2 Å². The number of rotatable bonds is 3. The van der Waals surface area contributed by atoms with Crippen molar-refractivity contribution in [3.05, 3.63) is 69.2 Å². The van der Waals surface area contributed by atoms with Gasteiger partial charge in [-0.15, -0.1) is 12.4 Å². The molecule has 176 valence electrons. The van der Waals surface area contributed by atoms with Crippen molar-refractivity contribution < 1.29 is 4.79 Å². The lowest BCUT2D eigenvalue weighted by Gasteiger charge is -2.34. The zero-order valence-electron chi connectivity index (χ0n) is 18.3. The number of amides is 1. The first kappa shape index (κ1) is 24.8. The molecule has 0 radical (unpaired) electrons. The van der Waals surface area contributed by atoms with Gasteiger partial charge in [0.05, 0.1) is 20.5 Å². The number of thioether (sulfide) groups is 1. The number of pyridine rings is 1. The van der Waals surface area contributed by atoms with Gasteiger partial charge in [0, 0.05) is 43.4 Å². The second kappa shape index (κ2) is 10.5. The van der Waals surface area contributed by atoms with Gasteiger partial charge in [0.25, 0.3) is 5.91 Å². The molecular formula is C24H22Cl3N5OS. The summed E-state index contributed by atoms with van der Waals surface area (Å²) in [5.74, 6) is -0.201. The fraction of sp³-hybridized carbons (Fsp3) is 0.208. The van der Waals surface area contributed by atoms with Crippen molar-refractivity contribution in [2.75, 3.05) is 38.1 Å². The maximum absolute atomic E-state index is 12.6. The number of carbonyl (C=O) groups excluding carboxylic acids is 1. The number of hydrogen-bond acceptors (Lipinski definition) is 6. The largest absolute Gasteiger partial charge is 0.368 e. The van der Waals surface area contributed by atoms with E-state index in [2.05, 4.69) is 44.3 Å². The molecule has 0 saturated carbocycles. The summed E-state index contributed by atoms with van der Waals surface area (Å²) in [7, 11) is 2.15. The second-order valence-electron chi connectivity index (χ2n) is 7.95. The van der Waals surface area contributed by atoms with Crippen LogP contribution in [-0.2, 0) is 4.79 Å². The standard InChI is InChI=1S/C24H21Cl2N5OS.ClH/c1-30-9-11-31(12-10-30)20-7-8-27-19-6-5-15(13-16(19)20)14-21-23(32)29-24(33-21)28-22-17(25)3-2-4-18(22)26;/h2-8,13-14H,9-12H2,1H3,(H,28,29,32);1H/b21-14-;. The number of nitrogens with zero attached hydrogens (tertiary/aromatic N) is 4. The van der Waals surface area contributed by atoms with Crippen LogP contribution in [0.4, 0.5) is 11.4 Å². The van der Waals surface area contributed by atoms with Gasteiger partial charge in [-0.1, -0.05) is 35.3 Å². The molecule has 0 bridgehead atoms. The number of benzene rings is 2. The van der Waals surface area contributed by atoms with Gasteiger partial charge >= 0.3 is 0 Å². The van der Waals surface area contributed by atoms with Crippen LogP contribution in [0.25, 0.3) is 17.0 Å². The molecule has 3 heterocycles. The minimum Gasteiger partial charge on any atom is -0.368 e. The molecule has 2 aliphatic heterocycles. The predicted molar refractivity (Wildman–Crippen MR) is 146 cm³/mol. The molecule has 0 atom stereocenters. The Balaban J connectivity index is 0.00000274. The lowest BCUT2D eigenvalue weighted by molar-refractivity contribution is -0.115. The Bertz CT molecular complexity index is 1280. The summed E-state index contributed by atoms with van der Waals surface area (Å²) in [5.41, 5.74) is 3.49. The van der Waals surface area contributed by atoms with Crippen molar-refractivity contribution in [1.29, 1.82) is 0 Å². The van der Waals surface area contributed by atoms with E-state index in [0.717, 1.165) is 42.6 Å². The monoisotopic (exact) mass is 533 g/mol. The Morgan fingerprint density at radius 3 is 2.56 bits per heavy atom. The number of para-hydroxylation sites is 1. The summed E-state index contributed by atoms with van der Waals surface area (Å²) >= 11 is 13.7. The van der Waals surface area contributed by atoms with Gasteiger partial charge in [-0.25, -0.2) is 4.99 Å². The summed E-state index contributed by atoms with van der Waals surface area (Å²) in [4.78, 5) is 26.9. The van der Waals surface area contributed by atoms with Gasteiger partial charge in [0.1, 0.15) is 5.69 Å². The van der Waals surface area contributed by atoms with Gasteiger partial charge in [-0.2, -0.15) is 0 Å². The first-order chi connectivity index (χ1) is 16.0. The van der Waals surface area contributed by atoms with Crippen LogP contribution in [0.2, 0.25) is 10.0 Å². The molecule has 3 aromatic rings. The fourth-order valence-electron chi connectivity index (χ4n) is 3.89. The maximum Gasteiger partial charge on any atom is 0.264 e.